The summed E-state index contributed by atoms with van der Waals surface area (Å²) in [4.78, 5) is 0. The Kier molecular flexibility index (Phi) is 3.50. The molecule has 17 heavy (non-hydrogen) atoms. The Morgan fingerprint density at radius 2 is 2.18 bits per heavy atom. The average molecular weight is 258 g/mol. The first-order valence-electron chi connectivity index (χ1n) is 5.72. The van der Waals surface area contributed by atoms with Crippen molar-refractivity contribution in [3.8, 4) is 0 Å². The van der Waals surface area contributed by atoms with E-state index >= 15 is 0 Å². The van der Waals surface area contributed by atoms with Crippen LogP contribution in [0.2, 0.25) is 0 Å². The normalized spacial score (nSPS) is 20.3. The van der Waals surface area contributed by atoms with Crippen LogP contribution in [0.3, 0.4) is 0 Å². The maximum Gasteiger partial charge on any atom is 0.257 e. The summed E-state index contributed by atoms with van der Waals surface area (Å²) in [6, 6.07) is 1.45. The molecule has 96 valence electrons. The quantitative estimate of drug-likeness (QED) is 0.713. The van der Waals surface area contributed by atoms with Crippen molar-refractivity contribution in [3.05, 3.63) is 12.3 Å². The molecule has 0 unspecified atom stereocenters. The van der Waals surface area contributed by atoms with Crippen molar-refractivity contribution in [1.29, 1.82) is 0 Å². The Balaban J connectivity index is 1.98. The van der Waals surface area contributed by atoms with Crippen molar-refractivity contribution >= 4 is 10.0 Å². The van der Waals surface area contributed by atoms with Gasteiger partial charge in [0, 0.05) is 6.54 Å². The van der Waals surface area contributed by atoms with Gasteiger partial charge in [0.1, 0.15) is 0 Å². The predicted molar refractivity (Wildman–Crippen MR) is 64.0 cm³/mol. The van der Waals surface area contributed by atoms with Crippen LogP contribution in [0.4, 0.5) is 0 Å². The van der Waals surface area contributed by atoms with E-state index in [9.17, 15) is 8.42 Å². The molecule has 1 fully saturated rings. The minimum absolute atomic E-state index is 0.0400. The van der Waals surface area contributed by atoms with Crippen LogP contribution in [-0.2, 0) is 10.0 Å². The molecule has 7 heteroatoms. The Bertz CT molecular complexity index is 449. The first-order valence-corrected chi connectivity index (χ1v) is 7.20. The van der Waals surface area contributed by atoms with Gasteiger partial charge in [-0.05, 0) is 37.4 Å². The molecular formula is C10H18N4O2S. The van der Waals surface area contributed by atoms with Crippen LogP contribution in [-0.4, -0.2) is 38.2 Å². The van der Waals surface area contributed by atoms with Gasteiger partial charge in [-0.25, -0.2) is 13.1 Å². The molecule has 1 aliphatic heterocycles. The summed E-state index contributed by atoms with van der Waals surface area (Å²) in [7, 11) is -3.44. The third kappa shape index (κ3) is 3.05. The monoisotopic (exact) mass is 258 g/mol. The second kappa shape index (κ2) is 4.75. The molecule has 0 bridgehead atoms. The average Bonchev–Trinajstić information content (AvgIpc) is 2.82. The summed E-state index contributed by atoms with van der Waals surface area (Å²) < 4.78 is 26.4. The van der Waals surface area contributed by atoms with E-state index in [1.54, 1.807) is 0 Å². The summed E-state index contributed by atoms with van der Waals surface area (Å²) in [6.45, 7) is 4.48. The summed E-state index contributed by atoms with van der Waals surface area (Å²) in [6.07, 6.45) is 3.40. The maximum atomic E-state index is 11.9. The third-order valence-electron chi connectivity index (χ3n) is 3.26. The highest BCUT2D eigenvalue weighted by Crippen LogP contribution is 2.27. The third-order valence-corrected chi connectivity index (χ3v) is 4.60. The fourth-order valence-corrected chi connectivity index (χ4v) is 3.05. The smallest absolute Gasteiger partial charge is 0.257 e. The lowest BCUT2D eigenvalue weighted by atomic mass is 9.81. The van der Waals surface area contributed by atoms with E-state index in [2.05, 4.69) is 27.2 Å². The lowest BCUT2D eigenvalue weighted by molar-refractivity contribution is 0.232. The summed E-state index contributed by atoms with van der Waals surface area (Å²) in [5.41, 5.74) is 0.0400. The van der Waals surface area contributed by atoms with Crippen molar-refractivity contribution in [2.24, 2.45) is 5.41 Å². The first-order chi connectivity index (χ1) is 8.02. The Morgan fingerprint density at radius 3 is 2.76 bits per heavy atom. The Labute approximate surface area is 101 Å². The van der Waals surface area contributed by atoms with Gasteiger partial charge in [-0.1, -0.05) is 6.92 Å². The van der Waals surface area contributed by atoms with E-state index in [4.69, 9.17) is 0 Å². The highest BCUT2D eigenvalue weighted by molar-refractivity contribution is 7.89. The fraction of sp³-hybridized carbons (Fsp3) is 0.700. The number of H-pyrrole nitrogens is 1. The molecule has 6 nitrogen and oxygen atoms in total. The van der Waals surface area contributed by atoms with Gasteiger partial charge >= 0.3 is 0 Å². The molecule has 0 aromatic carbocycles. The van der Waals surface area contributed by atoms with E-state index in [1.807, 2.05) is 0 Å². The minimum atomic E-state index is -3.44. The van der Waals surface area contributed by atoms with Crippen LogP contribution in [0.15, 0.2) is 17.3 Å². The van der Waals surface area contributed by atoms with Gasteiger partial charge in [0.25, 0.3) is 10.0 Å². The fourth-order valence-electron chi connectivity index (χ4n) is 1.95. The van der Waals surface area contributed by atoms with Gasteiger partial charge in [-0.2, -0.15) is 5.10 Å². The summed E-state index contributed by atoms with van der Waals surface area (Å²) in [5.74, 6) is 0. The SMILES string of the molecule is CC1(CNS(=O)(=O)c2ccn[nH]2)CCNCC1. The Hall–Kier alpha value is -0.920. The van der Waals surface area contributed by atoms with E-state index in [0.717, 1.165) is 25.9 Å². The van der Waals surface area contributed by atoms with Gasteiger partial charge in [0.05, 0.1) is 6.20 Å². The maximum absolute atomic E-state index is 11.9. The zero-order chi connectivity index (χ0) is 12.4. The number of hydrogen-bond donors (Lipinski definition) is 3. The largest absolute Gasteiger partial charge is 0.317 e. The molecule has 1 saturated heterocycles. The first kappa shape index (κ1) is 12.5. The number of nitrogens with zero attached hydrogens (tertiary/aromatic N) is 1. The lowest BCUT2D eigenvalue weighted by Gasteiger charge is -2.33. The predicted octanol–water partition coefficient (Wildman–Crippen LogP) is 0.0777. The van der Waals surface area contributed by atoms with Gasteiger partial charge in [0.2, 0.25) is 0 Å². The highest BCUT2D eigenvalue weighted by atomic mass is 32.2. The van der Waals surface area contributed by atoms with Gasteiger partial charge in [-0.3, -0.25) is 5.10 Å². The molecule has 1 aromatic rings. The number of hydrogen-bond acceptors (Lipinski definition) is 4. The second-order valence-corrected chi connectivity index (χ2v) is 6.54. The molecule has 0 radical (unpaired) electrons. The van der Waals surface area contributed by atoms with Crippen molar-refractivity contribution in [2.45, 2.75) is 24.8 Å². The van der Waals surface area contributed by atoms with Crippen LogP contribution in [0.25, 0.3) is 0 Å². The zero-order valence-electron chi connectivity index (χ0n) is 9.86. The van der Waals surface area contributed by atoms with E-state index in [-0.39, 0.29) is 10.4 Å². The molecule has 0 atom stereocenters. The van der Waals surface area contributed by atoms with Gasteiger partial charge in [0.15, 0.2) is 5.03 Å². The summed E-state index contributed by atoms with van der Waals surface area (Å²) >= 11 is 0. The molecule has 2 heterocycles. The van der Waals surface area contributed by atoms with Crippen molar-refractivity contribution in [3.63, 3.8) is 0 Å². The van der Waals surface area contributed by atoms with Crippen LogP contribution >= 0.6 is 0 Å². The molecule has 0 saturated carbocycles. The molecular weight excluding hydrogens is 240 g/mol. The van der Waals surface area contributed by atoms with E-state index < -0.39 is 10.0 Å². The molecule has 1 aromatic heterocycles. The van der Waals surface area contributed by atoms with Crippen molar-refractivity contribution in [2.75, 3.05) is 19.6 Å². The summed E-state index contributed by atoms with van der Waals surface area (Å²) in [5, 5.41) is 9.50. The van der Waals surface area contributed by atoms with Crippen LogP contribution in [0.1, 0.15) is 19.8 Å². The number of piperidine rings is 1. The standard InChI is InChI=1S/C10H18N4O2S/c1-10(3-6-11-7-4-10)8-13-17(15,16)9-2-5-12-14-9/h2,5,11,13H,3-4,6-8H2,1H3,(H,12,14). The number of nitrogens with one attached hydrogen (secondary N) is 3. The second-order valence-electron chi connectivity index (χ2n) is 4.81. The zero-order valence-corrected chi connectivity index (χ0v) is 10.7. The molecule has 0 amide bonds. The number of aromatic amines is 1. The van der Waals surface area contributed by atoms with Crippen molar-refractivity contribution in [1.82, 2.24) is 20.2 Å². The molecule has 0 spiro atoms. The molecule has 1 aliphatic rings. The van der Waals surface area contributed by atoms with Gasteiger partial charge < -0.3 is 5.32 Å². The van der Waals surface area contributed by atoms with Crippen LogP contribution < -0.4 is 10.0 Å². The van der Waals surface area contributed by atoms with Crippen molar-refractivity contribution < 1.29 is 8.42 Å². The number of sulfonamides is 1. The van der Waals surface area contributed by atoms with E-state index in [1.165, 1.54) is 12.3 Å². The highest BCUT2D eigenvalue weighted by Gasteiger charge is 2.28. The minimum Gasteiger partial charge on any atom is -0.317 e. The van der Waals surface area contributed by atoms with E-state index in [0.29, 0.717) is 6.54 Å². The lowest BCUT2D eigenvalue weighted by Crippen LogP contribution is -2.42. The molecule has 2 rings (SSSR count). The number of aromatic nitrogens is 2. The molecule has 3 N–H and O–H groups in total. The number of rotatable bonds is 4. The van der Waals surface area contributed by atoms with Gasteiger partial charge in [-0.15, -0.1) is 0 Å². The molecule has 0 aliphatic carbocycles. The Morgan fingerprint density at radius 1 is 1.47 bits per heavy atom. The topological polar surface area (TPSA) is 86.9 Å². The van der Waals surface area contributed by atoms with Crippen LogP contribution in [0, 0.1) is 5.41 Å². The van der Waals surface area contributed by atoms with Crippen LogP contribution in [0.5, 0.6) is 0 Å².